The van der Waals surface area contributed by atoms with Gasteiger partial charge in [-0.25, -0.2) is 0 Å². The molecular weight excluding hydrogens is 244 g/mol. The molecule has 0 atom stereocenters. The van der Waals surface area contributed by atoms with Crippen molar-refractivity contribution in [1.82, 2.24) is 4.98 Å². The Morgan fingerprint density at radius 2 is 2.11 bits per heavy atom. The summed E-state index contributed by atoms with van der Waals surface area (Å²) in [5.41, 5.74) is 1.58. The molecule has 0 spiro atoms. The second-order valence-electron chi connectivity index (χ2n) is 4.05. The van der Waals surface area contributed by atoms with Crippen molar-refractivity contribution < 1.29 is 10.0 Å². The number of nitrogens with zero attached hydrogens (tertiary/aromatic N) is 2. The number of hydrogen-bond donors (Lipinski definition) is 1. The summed E-state index contributed by atoms with van der Waals surface area (Å²) in [7, 11) is 0. The highest BCUT2D eigenvalue weighted by atomic mass is 16.6. The molecule has 0 unspecified atom stereocenters. The van der Waals surface area contributed by atoms with E-state index in [4.69, 9.17) is 0 Å². The van der Waals surface area contributed by atoms with Crippen molar-refractivity contribution in [2.24, 2.45) is 0 Å². The molecule has 1 aromatic heterocycles. The first kappa shape index (κ1) is 12.8. The maximum Gasteiger partial charge on any atom is 0.311 e. The molecule has 0 radical (unpaired) electrons. The second kappa shape index (κ2) is 5.30. The quantitative estimate of drug-likeness (QED) is 0.676. The molecule has 0 aliphatic rings. The number of nitro benzene ring substituents is 1. The van der Waals surface area contributed by atoms with Crippen LogP contribution in [0.15, 0.2) is 36.5 Å². The molecule has 0 aliphatic carbocycles. The molecule has 0 saturated heterocycles. The van der Waals surface area contributed by atoms with Crippen LogP contribution in [0.2, 0.25) is 0 Å². The van der Waals surface area contributed by atoms with Crippen LogP contribution in [0, 0.1) is 17.0 Å². The molecule has 5 nitrogen and oxygen atoms in total. The van der Waals surface area contributed by atoms with E-state index in [0.29, 0.717) is 11.1 Å². The molecule has 1 N–H and O–H groups in total. The number of aromatic hydroxyl groups is 1. The maximum absolute atomic E-state index is 10.8. The zero-order chi connectivity index (χ0) is 13.8. The van der Waals surface area contributed by atoms with Crippen LogP contribution in [0.5, 0.6) is 5.75 Å². The molecule has 0 amide bonds. The van der Waals surface area contributed by atoms with Crippen LogP contribution in [0.1, 0.15) is 16.8 Å². The van der Waals surface area contributed by atoms with Crippen molar-refractivity contribution in [3.63, 3.8) is 0 Å². The number of rotatable bonds is 3. The van der Waals surface area contributed by atoms with Crippen LogP contribution >= 0.6 is 0 Å². The Hall–Kier alpha value is -2.69. The fourth-order valence-electron chi connectivity index (χ4n) is 1.68. The molecule has 0 aliphatic heterocycles. The molecule has 0 fully saturated rings. The van der Waals surface area contributed by atoms with Crippen LogP contribution in [-0.4, -0.2) is 15.0 Å². The van der Waals surface area contributed by atoms with Gasteiger partial charge in [0, 0.05) is 12.3 Å². The summed E-state index contributed by atoms with van der Waals surface area (Å²) in [6, 6.07) is 8.52. The zero-order valence-electron chi connectivity index (χ0n) is 10.3. The molecule has 2 aromatic rings. The Kier molecular flexibility index (Phi) is 3.56. The first-order valence-corrected chi connectivity index (χ1v) is 5.65. The van der Waals surface area contributed by atoms with Crippen LogP contribution < -0.4 is 0 Å². The van der Waals surface area contributed by atoms with Crippen molar-refractivity contribution in [1.29, 1.82) is 0 Å². The summed E-state index contributed by atoms with van der Waals surface area (Å²) in [6.07, 6.45) is 5.15. The topological polar surface area (TPSA) is 76.3 Å². The van der Waals surface area contributed by atoms with Gasteiger partial charge in [-0.1, -0.05) is 12.1 Å². The Morgan fingerprint density at radius 3 is 2.74 bits per heavy atom. The van der Waals surface area contributed by atoms with Gasteiger partial charge in [-0.3, -0.25) is 15.1 Å². The highest BCUT2D eigenvalue weighted by Crippen LogP contribution is 2.31. The highest BCUT2D eigenvalue weighted by Gasteiger charge is 2.15. The van der Waals surface area contributed by atoms with E-state index in [1.54, 1.807) is 31.3 Å². The third kappa shape index (κ3) is 2.95. The number of phenols is 1. The van der Waals surface area contributed by atoms with E-state index in [-0.39, 0.29) is 11.4 Å². The lowest BCUT2D eigenvalue weighted by molar-refractivity contribution is -0.385. The lowest BCUT2D eigenvalue weighted by Gasteiger charge is -2.02. The number of aromatic nitrogens is 1. The minimum Gasteiger partial charge on any atom is -0.502 e. The van der Waals surface area contributed by atoms with Gasteiger partial charge in [0.25, 0.3) is 0 Å². The van der Waals surface area contributed by atoms with E-state index >= 15 is 0 Å². The van der Waals surface area contributed by atoms with E-state index in [0.717, 1.165) is 5.69 Å². The number of phenolic OH excluding ortho intramolecular Hbond substituents is 1. The van der Waals surface area contributed by atoms with Gasteiger partial charge in [-0.15, -0.1) is 0 Å². The van der Waals surface area contributed by atoms with Crippen molar-refractivity contribution in [2.45, 2.75) is 6.92 Å². The van der Waals surface area contributed by atoms with Gasteiger partial charge >= 0.3 is 5.69 Å². The molecule has 5 heteroatoms. The summed E-state index contributed by atoms with van der Waals surface area (Å²) in [5, 5.41) is 20.4. The summed E-state index contributed by atoms with van der Waals surface area (Å²) in [5.74, 6) is -0.292. The van der Waals surface area contributed by atoms with E-state index in [1.807, 2.05) is 18.2 Å². The monoisotopic (exact) mass is 256 g/mol. The number of hydrogen-bond acceptors (Lipinski definition) is 4. The standard InChI is InChI=1S/C14H12N2O3/c1-10-8-11(9-13(14(10)17)16(18)19)5-6-12-4-2-3-7-15-12/h2-9,17H,1H3. The summed E-state index contributed by atoms with van der Waals surface area (Å²) < 4.78 is 0. The molecule has 1 aromatic carbocycles. The van der Waals surface area contributed by atoms with E-state index in [9.17, 15) is 15.2 Å². The minimum absolute atomic E-state index is 0.291. The van der Waals surface area contributed by atoms with Gasteiger partial charge in [0.15, 0.2) is 5.75 Å². The lowest BCUT2D eigenvalue weighted by atomic mass is 10.1. The number of benzene rings is 1. The van der Waals surface area contributed by atoms with E-state index in [2.05, 4.69) is 4.98 Å². The van der Waals surface area contributed by atoms with Gasteiger partial charge in [-0.05, 0) is 42.3 Å². The molecule has 96 valence electrons. The molecule has 19 heavy (non-hydrogen) atoms. The normalized spacial score (nSPS) is 10.8. The average molecular weight is 256 g/mol. The Bertz CT molecular complexity index is 637. The molecule has 0 bridgehead atoms. The highest BCUT2D eigenvalue weighted by molar-refractivity contribution is 5.71. The molecule has 1 heterocycles. The predicted molar refractivity (Wildman–Crippen MR) is 72.7 cm³/mol. The van der Waals surface area contributed by atoms with E-state index in [1.165, 1.54) is 6.07 Å². The third-order valence-corrected chi connectivity index (χ3v) is 2.63. The van der Waals surface area contributed by atoms with Crippen molar-refractivity contribution in [3.8, 4) is 5.75 Å². The summed E-state index contributed by atoms with van der Waals surface area (Å²) in [6.45, 7) is 1.63. The van der Waals surface area contributed by atoms with Crippen LogP contribution in [0.4, 0.5) is 5.69 Å². The van der Waals surface area contributed by atoms with Gasteiger partial charge in [-0.2, -0.15) is 0 Å². The van der Waals surface area contributed by atoms with Crippen LogP contribution in [0.25, 0.3) is 12.2 Å². The zero-order valence-corrected chi connectivity index (χ0v) is 10.3. The van der Waals surface area contributed by atoms with E-state index < -0.39 is 4.92 Å². The first-order valence-electron chi connectivity index (χ1n) is 5.65. The van der Waals surface area contributed by atoms with Gasteiger partial charge < -0.3 is 5.11 Å². The summed E-state index contributed by atoms with van der Waals surface area (Å²) >= 11 is 0. The Morgan fingerprint density at radius 1 is 1.32 bits per heavy atom. The SMILES string of the molecule is Cc1cc(C=Cc2ccccn2)cc([N+](=O)[O-])c1O. The van der Waals surface area contributed by atoms with Crippen molar-refractivity contribution in [2.75, 3.05) is 0 Å². The second-order valence-corrected chi connectivity index (χ2v) is 4.05. The Labute approximate surface area is 110 Å². The summed E-state index contributed by atoms with van der Waals surface area (Å²) in [4.78, 5) is 14.3. The smallest absolute Gasteiger partial charge is 0.311 e. The number of nitro groups is 1. The largest absolute Gasteiger partial charge is 0.502 e. The first-order chi connectivity index (χ1) is 9.08. The number of pyridine rings is 1. The maximum atomic E-state index is 10.8. The fraction of sp³-hybridized carbons (Fsp3) is 0.0714. The minimum atomic E-state index is -0.597. The molecule has 0 saturated carbocycles. The number of aryl methyl sites for hydroxylation is 1. The molecular formula is C14H12N2O3. The van der Waals surface area contributed by atoms with Gasteiger partial charge in [0.1, 0.15) is 0 Å². The third-order valence-electron chi connectivity index (χ3n) is 2.63. The average Bonchev–Trinajstić information content (AvgIpc) is 2.41. The Balaban J connectivity index is 2.36. The van der Waals surface area contributed by atoms with Gasteiger partial charge in [0.2, 0.25) is 0 Å². The van der Waals surface area contributed by atoms with Crippen LogP contribution in [-0.2, 0) is 0 Å². The van der Waals surface area contributed by atoms with Crippen molar-refractivity contribution >= 4 is 17.8 Å². The van der Waals surface area contributed by atoms with Crippen molar-refractivity contribution in [3.05, 3.63) is 63.5 Å². The fourth-order valence-corrected chi connectivity index (χ4v) is 1.68. The molecule has 2 rings (SSSR count). The lowest BCUT2D eigenvalue weighted by Crippen LogP contribution is -1.91. The van der Waals surface area contributed by atoms with Gasteiger partial charge in [0.05, 0.1) is 10.6 Å². The predicted octanol–water partition coefficient (Wildman–Crippen LogP) is 3.17. The van der Waals surface area contributed by atoms with Crippen LogP contribution in [0.3, 0.4) is 0 Å².